The highest BCUT2D eigenvalue weighted by molar-refractivity contribution is 5.86. The molecule has 0 saturated carbocycles. The molecule has 0 N–H and O–H groups in total. The van der Waals surface area contributed by atoms with Crippen molar-refractivity contribution < 1.29 is 23.8 Å². The molecule has 0 aliphatic carbocycles. The maximum Gasteiger partial charge on any atom is 0.333 e. The van der Waals surface area contributed by atoms with E-state index in [0.29, 0.717) is 5.57 Å². The van der Waals surface area contributed by atoms with Crippen molar-refractivity contribution in [3.05, 3.63) is 12.2 Å². The van der Waals surface area contributed by atoms with Crippen molar-refractivity contribution in [2.24, 2.45) is 0 Å². The average molecular weight is 244 g/mol. The largest absolute Gasteiger partial charge is 0.460 e. The number of rotatable bonds is 7. The zero-order valence-electron chi connectivity index (χ0n) is 10.8. The second-order valence-corrected chi connectivity index (χ2v) is 3.94. The standard InChI is InChI=1S/C12H20O5/c1-8(2)12(14)16-6-9(3)15-7-10(4)17-11(5)13/h9-10H,1,6-7H2,2-5H3. The third kappa shape index (κ3) is 8.45. The van der Waals surface area contributed by atoms with Crippen LogP contribution in [0.1, 0.15) is 27.7 Å². The highest BCUT2D eigenvalue weighted by atomic mass is 16.6. The number of ether oxygens (including phenoxy) is 3. The summed E-state index contributed by atoms with van der Waals surface area (Å²) >= 11 is 0. The lowest BCUT2D eigenvalue weighted by molar-refractivity contribution is -0.151. The molecule has 17 heavy (non-hydrogen) atoms. The van der Waals surface area contributed by atoms with Gasteiger partial charge in [0.1, 0.15) is 12.7 Å². The Morgan fingerprint density at radius 1 is 1.12 bits per heavy atom. The maximum atomic E-state index is 11.1. The van der Waals surface area contributed by atoms with Crippen LogP contribution in [-0.2, 0) is 23.8 Å². The van der Waals surface area contributed by atoms with Crippen molar-refractivity contribution >= 4 is 11.9 Å². The fourth-order valence-corrected chi connectivity index (χ4v) is 0.981. The summed E-state index contributed by atoms with van der Waals surface area (Å²) < 4.78 is 15.1. The molecule has 0 radical (unpaired) electrons. The predicted octanol–water partition coefficient (Wildman–Crippen LogP) is 1.46. The van der Waals surface area contributed by atoms with E-state index in [4.69, 9.17) is 14.2 Å². The van der Waals surface area contributed by atoms with Gasteiger partial charge < -0.3 is 14.2 Å². The van der Waals surface area contributed by atoms with Gasteiger partial charge >= 0.3 is 11.9 Å². The molecule has 0 aromatic heterocycles. The molecule has 0 heterocycles. The molecule has 0 spiro atoms. The number of hydrogen-bond donors (Lipinski definition) is 0. The van der Waals surface area contributed by atoms with E-state index in [9.17, 15) is 9.59 Å². The third-order valence-electron chi connectivity index (χ3n) is 1.78. The molecule has 98 valence electrons. The summed E-state index contributed by atoms with van der Waals surface area (Å²) in [7, 11) is 0. The Morgan fingerprint density at radius 3 is 2.18 bits per heavy atom. The minimum atomic E-state index is -0.437. The molecule has 0 aromatic carbocycles. The van der Waals surface area contributed by atoms with Crippen LogP contribution in [0.2, 0.25) is 0 Å². The molecular weight excluding hydrogens is 224 g/mol. The van der Waals surface area contributed by atoms with Crippen LogP contribution in [0.3, 0.4) is 0 Å². The Labute approximate surface area is 102 Å². The second-order valence-electron chi connectivity index (χ2n) is 3.94. The van der Waals surface area contributed by atoms with Gasteiger partial charge in [0.2, 0.25) is 0 Å². The molecule has 0 saturated heterocycles. The minimum Gasteiger partial charge on any atom is -0.460 e. The zero-order chi connectivity index (χ0) is 13.4. The summed E-state index contributed by atoms with van der Waals surface area (Å²) in [5.74, 6) is -0.782. The van der Waals surface area contributed by atoms with Gasteiger partial charge in [0.05, 0.1) is 12.7 Å². The molecule has 0 fully saturated rings. The van der Waals surface area contributed by atoms with Crippen LogP contribution < -0.4 is 0 Å². The van der Waals surface area contributed by atoms with Gasteiger partial charge in [-0.15, -0.1) is 0 Å². The molecule has 0 amide bonds. The second kappa shape index (κ2) is 7.84. The number of carbonyl (C=O) groups excluding carboxylic acids is 2. The van der Waals surface area contributed by atoms with E-state index in [1.165, 1.54) is 6.92 Å². The molecule has 5 heteroatoms. The van der Waals surface area contributed by atoms with E-state index in [1.54, 1.807) is 20.8 Å². The molecule has 0 bridgehead atoms. The van der Waals surface area contributed by atoms with Gasteiger partial charge in [-0.2, -0.15) is 0 Å². The van der Waals surface area contributed by atoms with E-state index in [1.807, 2.05) is 0 Å². The normalized spacial score (nSPS) is 13.6. The fraction of sp³-hybridized carbons (Fsp3) is 0.667. The van der Waals surface area contributed by atoms with Crippen LogP contribution in [0.25, 0.3) is 0 Å². The summed E-state index contributed by atoms with van der Waals surface area (Å²) in [6.45, 7) is 10.3. The summed E-state index contributed by atoms with van der Waals surface area (Å²) in [6, 6.07) is 0. The van der Waals surface area contributed by atoms with Crippen molar-refractivity contribution in [3.8, 4) is 0 Å². The molecule has 0 aliphatic rings. The maximum absolute atomic E-state index is 11.1. The van der Waals surface area contributed by atoms with Gasteiger partial charge in [0.25, 0.3) is 0 Å². The zero-order valence-corrected chi connectivity index (χ0v) is 10.8. The quantitative estimate of drug-likeness (QED) is 0.501. The molecule has 5 nitrogen and oxygen atoms in total. The van der Waals surface area contributed by atoms with Crippen LogP contribution in [-0.4, -0.2) is 37.4 Å². The van der Waals surface area contributed by atoms with E-state index in [2.05, 4.69) is 6.58 Å². The molecule has 0 rings (SSSR count). The Balaban J connectivity index is 3.72. The van der Waals surface area contributed by atoms with Crippen molar-refractivity contribution in [2.45, 2.75) is 39.9 Å². The van der Waals surface area contributed by atoms with Gasteiger partial charge in [0.15, 0.2) is 0 Å². The summed E-state index contributed by atoms with van der Waals surface area (Å²) in [4.78, 5) is 21.7. The van der Waals surface area contributed by atoms with Gasteiger partial charge in [-0.1, -0.05) is 6.58 Å². The third-order valence-corrected chi connectivity index (χ3v) is 1.78. The summed E-state index contributed by atoms with van der Waals surface area (Å²) in [5.41, 5.74) is 0.352. The van der Waals surface area contributed by atoms with Crippen LogP contribution >= 0.6 is 0 Å². The van der Waals surface area contributed by atoms with E-state index in [-0.39, 0.29) is 31.4 Å². The molecular formula is C12H20O5. The first-order valence-corrected chi connectivity index (χ1v) is 5.44. The highest BCUT2D eigenvalue weighted by Crippen LogP contribution is 2.00. The van der Waals surface area contributed by atoms with Gasteiger partial charge in [-0.05, 0) is 20.8 Å². The Morgan fingerprint density at radius 2 is 1.71 bits per heavy atom. The average Bonchev–Trinajstić information content (AvgIpc) is 2.21. The smallest absolute Gasteiger partial charge is 0.333 e. The highest BCUT2D eigenvalue weighted by Gasteiger charge is 2.11. The van der Waals surface area contributed by atoms with Crippen molar-refractivity contribution in [3.63, 3.8) is 0 Å². The van der Waals surface area contributed by atoms with Crippen LogP contribution in [0.4, 0.5) is 0 Å². The first kappa shape index (κ1) is 15.6. The summed E-state index contributed by atoms with van der Waals surface area (Å²) in [5, 5.41) is 0. The number of carbonyl (C=O) groups is 2. The van der Waals surface area contributed by atoms with Crippen molar-refractivity contribution in [2.75, 3.05) is 13.2 Å². The lowest BCUT2D eigenvalue weighted by Gasteiger charge is -2.17. The first-order valence-electron chi connectivity index (χ1n) is 5.44. The first-order chi connectivity index (χ1) is 7.82. The molecule has 2 unspecified atom stereocenters. The summed E-state index contributed by atoms with van der Waals surface area (Å²) in [6.07, 6.45) is -0.567. The van der Waals surface area contributed by atoms with Crippen LogP contribution in [0, 0.1) is 0 Å². The molecule has 2 atom stereocenters. The van der Waals surface area contributed by atoms with Crippen molar-refractivity contribution in [1.29, 1.82) is 0 Å². The number of esters is 2. The van der Waals surface area contributed by atoms with E-state index >= 15 is 0 Å². The lowest BCUT2D eigenvalue weighted by Crippen LogP contribution is -2.25. The topological polar surface area (TPSA) is 61.8 Å². The Hall–Kier alpha value is -1.36. The van der Waals surface area contributed by atoms with Gasteiger partial charge in [-0.25, -0.2) is 4.79 Å². The van der Waals surface area contributed by atoms with Crippen LogP contribution in [0.15, 0.2) is 12.2 Å². The fourth-order valence-electron chi connectivity index (χ4n) is 0.981. The SMILES string of the molecule is C=C(C)C(=O)OCC(C)OCC(C)OC(C)=O. The van der Waals surface area contributed by atoms with Gasteiger partial charge in [-0.3, -0.25) is 4.79 Å². The molecule has 0 aliphatic heterocycles. The Kier molecular flexibility index (Phi) is 7.21. The monoisotopic (exact) mass is 244 g/mol. The Bertz CT molecular complexity index is 285. The van der Waals surface area contributed by atoms with E-state index in [0.717, 1.165) is 0 Å². The predicted molar refractivity (Wildman–Crippen MR) is 62.4 cm³/mol. The molecule has 0 aromatic rings. The number of hydrogen-bond acceptors (Lipinski definition) is 5. The van der Waals surface area contributed by atoms with Gasteiger partial charge in [0, 0.05) is 12.5 Å². The van der Waals surface area contributed by atoms with E-state index < -0.39 is 5.97 Å². The van der Waals surface area contributed by atoms with Crippen molar-refractivity contribution in [1.82, 2.24) is 0 Å². The van der Waals surface area contributed by atoms with Crippen LogP contribution in [0.5, 0.6) is 0 Å². The lowest BCUT2D eigenvalue weighted by atomic mass is 10.3. The minimum absolute atomic E-state index is 0.151.